The SMILES string of the molecule is Fn1cccc1.Nc1ccccc1. The molecule has 0 radical (unpaired) electrons. The molecule has 0 amide bonds. The lowest BCUT2D eigenvalue weighted by Crippen LogP contribution is -1.79. The number of benzene rings is 1. The minimum Gasteiger partial charge on any atom is -0.399 e. The summed E-state index contributed by atoms with van der Waals surface area (Å²) in [5.74, 6) is 0. The minimum atomic E-state index is 0.500. The summed E-state index contributed by atoms with van der Waals surface area (Å²) >= 11 is 0. The zero-order valence-corrected chi connectivity index (χ0v) is 7.10. The summed E-state index contributed by atoms with van der Waals surface area (Å²) in [6.07, 6.45) is 2.67. The van der Waals surface area contributed by atoms with Crippen molar-refractivity contribution in [3.05, 3.63) is 54.9 Å². The molecule has 0 aliphatic heterocycles. The lowest BCUT2D eigenvalue weighted by atomic mass is 10.3. The second kappa shape index (κ2) is 4.98. The van der Waals surface area contributed by atoms with Crippen molar-refractivity contribution in [1.82, 2.24) is 4.79 Å². The van der Waals surface area contributed by atoms with Crippen LogP contribution in [0.2, 0.25) is 0 Å². The fourth-order valence-corrected chi connectivity index (χ4v) is 0.767. The number of nitrogens with zero attached hydrogens (tertiary/aromatic N) is 1. The summed E-state index contributed by atoms with van der Waals surface area (Å²) in [5.41, 5.74) is 6.18. The van der Waals surface area contributed by atoms with Gasteiger partial charge >= 0.3 is 0 Å². The number of rotatable bonds is 0. The van der Waals surface area contributed by atoms with E-state index in [1.165, 1.54) is 12.4 Å². The van der Waals surface area contributed by atoms with Gasteiger partial charge in [0.2, 0.25) is 0 Å². The van der Waals surface area contributed by atoms with E-state index in [0.717, 1.165) is 5.69 Å². The zero-order chi connectivity index (χ0) is 9.52. The summed E-state index contributed by atoms with van der Waals surface area (Å²) in [6.45, 7) is 0. The first-order valence-corrected chi connectivity index (χ1v) is 3.88. The average molecular weight is 178 g/mol. The molecule has 0 saturated carbocycles. The first-order chi connectivity index (χ1) is 6.29. The smallest absolute Gasteiger partial charge is 0.0379 e. The van der Waals surface area contributed by atoms with Crippen molar-refractivity contribution in [3.63, 3.8) is 0 Å². The summed E-state index contributed by atoms with van der Waals surface area (Å²) in [4.78, 5) is 0.500. The van der Waals surface area contributed by atoms with Crippen molar-refractivity contribution in [2.75, 3.05) is 5.73 Å². The van der Waals surface area contributed by atoms with Gasteiger partial charge in [-0.3, -0.25) is 0 Å². The fraction of sp³-hybridized carbons (Fsp3) is 0. The van der Waals surface area contributed by atoms with Crippen LogP contribution in [0.5, 0.6) is 0 Å². The van der Waals surface area contributed by atoms with Crippen molar-refractivity contribution in [2.45, 2.75) is 0 Å². The van der Waals surface area contributed by atoms with Crippen LogP contribution < -0.4 is 5.73 Å². The molecule has 1 heterocycles. The Kier molecular flexibility index (Phi) is 3.57. The molecule has 0 aliphatic carbocycles. The van der Waals surface area contributed by atoms with Gasteiger partial charge < -0.3 is 5.73 Å². The summed E-state index contributed by atoms with van der Waals surface area (Å²) < 4.78 is 11.6. The fourth-order valence-electron chi connectivity index (χ4n) is 0.767. The normalized spacial score (nSPS) is 8.69. The molecular weight excluding hydrogens is 167 g/mol. The highest BCUT2D eigenvalue weighted by atomic mass is 19.2. The Bertz CT molecular complexity index is 316. The third kappa shape index (κ3) is 3.96. The Morgan fingerprint density at radius 3 is 1.69 bits per heavy atom. The van der Waals surface area contributed by atoms with Gasteiger partial charge in [-0.05, 0) is 24.3 Å². The molecule has 2 N–H and O–H groups in total. The molecule has 2 nitrogen and oxygen atoms in total. The van der Waals surface area contributed by atoms with Crippen molar-refractivity contribution in [1.29, 1.82) is 0 Å². The van der Waals surface area contributed by atoms with E-state index in [9.17, 15) is 4.48 Å². The zero-order valence-electron chi connectivity index (χ0n) is 7.10. The van der Waals surface area contributed by atoms with Crippen LogP contribution in [0.4, 0.5) is 10.2 Å². The van der Waals surface area contributed by atoms with Gasteiger partial charge in [-0.15, -0.1) is 0 Å². The highest BCUT2D eigenvalue weighted by Crippen LogP contribution is 1.95. The molecule has 1 aromatic heterocycles. The van der Waals surface area contributed by atoms with Crippen LogP contribution in [0.3, 0.4) is 0 Å². The van der Waals surface area contributed by atoms with Crippen LogP contribution in [-0.2, 0) is 0 Å². The standard InChI is InChI=1S/C6H7N.C4H4FN/c7-6-4-2-1-3-5-6;5-6-3-1-2-4-6/h1-5H,7H2;1-4H. The van der Waals surface area contributed by atoms with E-state index in [1.807, 2.05) is 30.3 Å². The molecule has 0 aliphatic rings. The molecular formula is C10H11FN2. The Labute approximate surface area is 76.4 Å². The Morgan fingerprint density at radius 1 is 0.923 bits per heavy atom. The van der Waals surface area contributed by atoms with Crippen LogP contribution in [0.25, 0.3) is 0 Å². The Balaban J connectivity index is 0.000000132. The molecule has 0 spiro atoms. The number of para-hydroxylation sites is 1. The average Bonchev–Trinajstić information content (AvgIpc) is 2.58. The molecule has 0 atom stereocenters. The largest absolute Gasteiger partial charge is 0.399 e. The number of hydrogen-bond acceptors (Lipinski definition) is 1. The van der Waals surface area contributed by atoms with Crippen LogP contribution in [-0.4, -0.2) is 4.79 Å². The predicted molar refractivity (Wildman–Crippen MR) is 51.8 cm³/mol. The lowest BCUT2D eigenvalue weighted by molar-refractivity contribution is 0.371. The van der Waals surface area contributed by atoms with Crippen LogP contribution >= 0.6 is 0 Å². The van der Waals surface area contributed by atoms with Crippen LogP contribution in [0.15, 0.2) is 54.9 Å². The maximum atomic E-state index is 11.6. The first kappa shape index (κ1) is 9.32. The molecule has 2 aromatic rings. The minimum absolute atomic E-state index is 0.500. The molecule has 1 aromatic carbocycles. The summed E-state index contributed by atoms with van der Waals surface area (Å²) in [7, 11) is 0. The molecule has 0 fully saturated rings. The monoisotopic (exact) mass is 178 g/mol. The van der Waals surface area contributed by atoms with Crippen molar-refractivity contribution in [2.24, 2.45) is 0 Å². The van der Waals surface area contributed by atoms with E-state index >= 15 is 0 Å². The third-order valence-corrected chi connectivity index (χ3v) is 1.37. The van der Waals surface area contributed by atoms with E-state index in [0.29, 0.717) is 4.79 Å². The molecule has 68 valence electrons. The second-order valence-electron chi connectivity index (χ2n) is 2.44. The number of nitrogen functional groups attached to an aromatic ring is 1. The van der Waals surface area contributed by atoms with Crippen molar-refractivity contribution >= 4 is 5.69 Å². The number of nitrogens with two attached hydrogens (primary N) is 1. The molecule has 13 heavy (non-hydrogen) atoms. The molecule has 3 heteroatoms. The van der Waals surface area contributed by atoms with Crippen molar-refractivity contribution in [3.8, 4) is 0 Å². The number of anilines is 1. The van der Waals surface area contributed by atoms with Gasteiger partial charge in [0, 0.05) is 18.1 Å². The topological polar surface area (TPSA) is 30.9 Å². The van der Waals surface area contributed by atoms with Crippen molar-refractivity contribution < 1.29 is 4.48 Å². The van der Waals surface area contributed by atoms with Gasteiger partial charge in [0.15, 0.2) is 0 Å². The molecule has 2 rings (SSSR count). The molecule has 0 bridgehead atoms. The highest BCUT2D eigenvalue weighted by molar-refractivity contribution is 5.35. The third-order valence-electron chi connectivity index (χ3n) is 1.37. The van der Waals surface area contributed by atoms with E-state index < -0.39 is 0 Å². The Hall–Kier alpha value is -1.77. The summed E-state index contributed by atoms with van der Waals surface area (Å²) in [6, 6.07) is 12.7. The number of aromatic nitrogens is 1. The van der Waals surface area contributed by atoms with E-state index in [-0.39, 0.29) is 0 Å². The van der Waals surface area contributed by atoms with Gasteiger partial charge in [0.25, 0.3) is 0 Å². The number of hydrogen-bond donors (Lipinski definition) is 1. The molecule has 0 saturated heterocycles. The number of halogens is 1. The maximum absolute atomic E-state index is 11.6. The van der Waals surface area contributed by atoms with Gasteiger partial charge in [0.05, 0.1) is 0 Å². The van der Waals surface area contributed by atoms with E-state index in [1.54, 1.807) is 12.1 Å². The molecule has 0 unspecified atom stereocenters. The predicted octanol–water partition coefficient (Wildman–Crippen LogP) is 2.49. The first-order valence-electron chi connectivity index (χ1n) is 3.88. The second-order valence-corrected chi connectivity index (χ2v) is 2.44. The van der Waals surface area contributed by atoms with Gasteiger partial charge in [-0.2, -0.15) is 4.79 Å². The lowest BCUT2D eigenvalue weighted by Gasteiger charge is -1.83. The Morgan fingerprint density at radius 2 is 1.46 bits per heavy atom. The summed E-state index contributed by atoms with van der Waals surface area (Å²) in [5, 5.41) is 0. The van der Waals surface area contributed by atoms with Crippen LogP contribution in [0.1, 0.15) is 0 Å². The van der Waals surface area contributed by atoms with Gasteiger partial charge in [-0.1, -0.05) is 22.7 Å². The van der Waals surface area contributed by atoms with E-state index in [2.05, 4.69) is 0 Å². The van der Waals surface area contributed by atoms with Crippen LogP contribution in [0, 0.1) is 0 Å². The maximum Gasteiger partial charge on any atom is 0.0379 e. The quantitative estimate of drug-likeness (QED) is 0.617. The van der Waals surface area contributed by atoms with Gasteiger partial charge in [0.1, 0.15) is 0 Å². The van der Waals surface area contributed by atoms with Gasteiger partial charge in [-0.25, -0.2) is 0 Å². The van der Waals surface area contributed by atoms with E-state index in [4.69, 9.17) is 5.73 Å². The highest BCUT2D eigenvalue weighted by Gasteiger charge is 1.73.